The van der Waals surface area contributed by atoms with Crippen LogP contribution >= 0.6 is 0 Å². The summed E-state index contributed by atoms with van der Waals surface area (Å²) in [6.07, 6.45) is 9.77. The maximum absolute atomic E-state index is 12.4. The number of hydrogen-bond acceptors (Lipinski definition) is 3. The van der Waals surface area contributed by atoms with Gasteiger partial charge in [0.1, 0.15) is 0 Å². The molecule has 1 aromatic heterocycles. The average Bonchev–Trinajstić information content (AvgIpc) is 2.90. The standard InChI is InChI=1S/C18H24N4O2/c23-16(20-14-6-3-8-19-11-14)15-10-18(15)7-9-22(12-18)17(24)21-13-4-1-2-5-13/h3,6,8,11,13,15H,1-2,4-5,7,9-10,12H2,(H,20,23)(H,21,24)/t15-,18-/m1/s1. The van der Waals surface area contributed by atoms with Gasteiger partial charge in [-0.25, -0.2) is 4.79 Å². The molecule has 6 heteroatoms. The Balaban J connectivity index is 1.30. The predicted octanol–water partition coefficient (Wildman–Crippen LogP) is 2.38. The molecule has 4 rings (SSSR count). The molecule has 0 aromatic carbocycles. The molecule has 2 heterocycles. The lowest BCUT2D eigenvalue weighted by Gasteiger charge is -2.20. The molecule has 6 nitrogen and oxygen atoms in total. The fraction of sp³-hybridized carbons (Fsp3) is 0.611. The van der Waals surface area contributed by atoms with Gasteiger partial charge in [0.05, 0.1) is 11.9 Å². The van der Waals surface area contributed by atoms with Crippen LogP contribution in [0.5, 0.6) is 0 Å². The summed E-state index contributed by atoms with van der Waals surface area (Å²) >= 11 is 0. The van der Waals surface area contributed by atoms with Crippen LogP contribution in [0.2, 0.25) is 0 Å². The number of pyridine rings is 1. The van der Waals surface area contributed by atoms with E-state index in [0.29, 0.717) is 12.6 Å². The summed E-state index contributed by atoms with van der Waals surface area (Å²) in [6.45, 7) is 1.46. The van der Waals surface area contributed by atoms with Crippen LogP contribution < -0.4 is 10.6 Å². The van der Waals surface area contributed by atoms with Gasteiger partial charge in [0.25, 0.3) is 0 Å². The summed E-state index contributed by atoms with van der Waals surface area (Å²) < 4.78 is 0. The highest BCUT2D eigenvalue weighted by Crippen LogP contribution is 2.58. The SMILES string of the molecule is O=C(Nc1cccnc1)[C@H]1C[C@@]12CCN(C(=O)NC1CCCC1)C2. The molecule has 1 aliphatic heterocycles. The number of urea groups is 1. The summed E-state index contributed by atoms with van der Waals surface area (Å²) in [7, 11) is 0. The molecular formula is C18H24N4O2. The Hall–Kier alpha value is -2.11. The molecule has 3 fully saturated rings. The van der Waals surface area contributed by atoms with E-state index in [1.54, 1.807) is 12.4 Å². The molecule has 3 amide bonds. The van der Waals surface area contributed by atoms with Crippen molar-refractivity contribution < 1.29 is 9.59 Å². The molecule has 128 valence electrons. The zero-order valence-corrected chi connectivity index (χ0v) is 13.8. The van der Waals surface area contributed by atoms with Crippen LogP contribution in [-0.2, 0) is 4.79 Å². The third kappa shape index (κ3) is 2.97. The first-order valence-corrected chi connectivity index (χ1v) is 8.93. The molecule has 2 atom stereocenters. The van der Waals surface area contributed by atoms with E-state index < -0.39 is 0 Å². The number of carbonyl (C=O) groups is 2. The first kappa shape index (κ1) is 15.4. The first-order valence-electron chi connectivity index (χ1n) is 8.93. The lowest BCUT2D eigenvalue weighted by atomic mass is 10.0. The monoisotopic (exact) mass is 328 g/mol. The third-order valence-corrected chi connectivity index (χ3v) is 5.79. The highest BCUT2D eigenvalue weighted by Gasteiger charge is 2.61. The van der Waals surface area contributed by atoms with Gasteiger partial charge in [-0.1, -0.05) is 12.8 Å². The third-order valence-electron chi connectivity index (χ3n) is 5.79. The van der Waals surface area contributed by atoms with Crippen LogP contribution in [0.25, 0.3) is 0 Å². The van der Waals surface area contributed by atoms with Crippen molar-refractivity contribution in [2.24, 2.45) is 11.3 Å². The van der Waals surface area contributed by atoms with Crippen LogP contribution in [0, 0.1) is 11.3 Å². The van der Waals surface area contributed by atoms with Gasteiger partial charge >= 0.3 is 6.03 Å². The Morgan fingerprint density at radius 2 is 2.12 bits per heavy atom. The van der Waals surface area contributed by atoms with Crippen molar-refractivity contribution in [3.8, 4) is 0 Å². The van der Waals surface area contributed by atoms with E-state index in [1.165, 1.54) is 12.8 Å². The van der Waals surface area contributed by atoms with Crippen molar-refractivity contribution in [3.05, 3.63) is 24.5 Å². The van der Waals surface area contributed by atoms with E-state index in [1.807, 2.05) is 17.0 Å². The van der Waals surface area contributed by atoms with Gasteiger partial charge in [-0.15, -0.1) is 0 Å². The Morgan fingerprint density at radius 3 is 2.88 bits per heavy atom. The summed E-state index contributed by atoms with van der Waals surface area (Å²) in [5.74, 6) is 0.0723. The number of nitrogens with one attached hydrogen (secondary N) is 2. The van der Waals surface area contributed by atoms with E-state index in [0.717, 1.165) is 37.9 Å². The number of anilines is 1. The summed E-state index contributed by atoms with van der Waals surface area (Å²) in [5, 5.41) is 6.09. The van der Waals surface area contributed by atoms with E-state index in [9.17, 15) is 9.59 Å². The minimum absolute atomic E-state index is 0.000686. The predicted molar refractivity (Wildman–Crippen MR) is 90.4 cm³/mol. The molecule has 1 spiro atoms. The summed E-state index contributed by atoms with van der Waals surface area (Å²) in [4.78, 5) is 30.7. The Bertz CT molecular complexity index is 629. The van der Waals surface area contributed by atoms with Gasteiger partial charge in [-0.3, -0.25) is 9.78 Å². The second-order valence-electron chi connectivity index (χ2n) is 7.45. The van der Waals surface area contributed by atoms with Gasteiger partial charge in [0.2, 0.25) is 5.91 Å². The average molecular weight is 328 g/mol. The minimum Gasteiger partial charge on any atom is -0.335 e. The number of rotatable bonds is 3. The lowest BCUT2D eigenvalue weighted by Crippen LogP contribution is -2.43. The second kappa shape index (κ2) is 6.07. The Kier molecular flexibility index (Phi) is 3.90. The Labute approximate surface area is 142 Å². The van der Waals surface area contributed by atoms with Crippen LogP contribution in [0.1, 0.15) is 38.5 Å². The number of likely N-dealkylation sites (tertiary alicyclic amines) is 1. The molecular weight excluding hydrogens is 304 g/mol. The number of hydrogen-bond donors (Lipinski definition) is 2. The summed E-state index contributed by atoms with van der Waals surface area (Å²) in [6, 6.07) is 4.05. The normalized spacial score (nSPS) is 29.0. The zero-order valence-electron chi connectivity index (χ0n) is 13.8. The molecule has 0 bridgehead atoms. The van der Waals surface area contributed by atoms with Gasteiger partial charge < -0.3 is 15.5 Å². The molecule has 1 aromatic rings. The van der Waals surface area contributed by atoms with Gasteiger partial charge in [0.15, 0.2) is 0 Å². The molecule has 3 aliphatic rings. The van der Waals surface area contributed by atoms with Crippen LogP contribution in [-0.4, -0.2) is 41.0 Å². The summed E-state index contributed by atoms with van der Waals surface area (Å²) in [5.41, 5.74) is 0.734. The number of amides is 3. The van der Waals surface area contributed by atoms with Crippen molar-refractivity contribution in [2.75, 3.05) is 18.4 Å². The molecule has 2 N–H and O–H groups in total. The van der Waals surface area contributed by atoms with E-state index in [4.69, 9.17) is 0 Å². The van der Waals surface area contributed by atoms with E-state index >= 15 is 0 Å². The highest BCUT2D eigenvalue weighted by atomic mass is 16.2. The molecule has 0 radical (unpaired) electrons. The largest absolute Gasteiger partial charge is 0.335 e. The van der Waals surface area contributed by atoms with Crippen molar-refractivity contribution in [2.45, 2.75) is 44.6 Å². The van der Waals surface area contributed by atoms with Crippen LogP contribution in [0.4, 0.5) is 10.5 Å². The first-order chi connectivity index (χ1) is 11.7. The van der Waals surface area contributed by atoms with E-state index in [-0.39, 0.29) is 23.3 Å². The van der Waals surface area contributed by atoms with Crippen LogP contribution in [0.3, 0.4) is 0 Å². The fourth-order valence-corrected chi connectivity index (χ4v) is 4.24. The lowest BCUT2D eigenvalue weighted by molar-refractivity contribution is -0.118. The number of carbonyl (C=O) groups excluding carboxylic acids is 2. The van der Waals surface area contributed by atoms with Crippen LogP contribution in [0.15, 0.2) is 24.5 Å². The van der Waals surface area contributed by atoms with Crippen molar-refractivity contribution in [1.29, 1.82) is 0 Å². The van der Waals surface area contributed by atoms with Gasteiger partial charge in [0, 0.05) is 36.7 Å². The quantitative estimate of drug-likeness (QED) is 0.894. The molecule has 24 heavy (non-hydrogen) atoms. The topological polar surface area (TPSA) is 74.3 Å². The van der Waals surface area contributed by atoms with Gasteiger partial charge in [-0.2, -0.15) is 0 Å². The van der Waals surface area contributed by atoms with E-state index in [2.05, 4.69) is 15.6 Å². The number of nitrogens with zero attached hydrogens (tertiary/aromatic N) is 2. The second-order valence-corrected chi connectivity index (χ2v) is 7.45. The van der Waals surface area contributed by atoms with Crippen molar-refractivity contribution >= 4 is 17.6 Å². The van der Waals surface area contributed by atoms with Gasteiger partial charge in [-0.05, 0) is 37.8 Å². The molecule has 2 aliphatic carbocycles. The maximum Gasteiger partial charge on any atom is 0.317 e. The molecule has 2 saturated carbocycles. The van der Waals surface area contributed by atoms with Crippen molar-refractivity contribution in [1.82, 2.24) is 15.2 Å². The number of aromatic nitrogens is 1. The maximum atomic E-state index is 12.4. The molecule has 1 saturated heterocycles. The van der Waals surface area contributed by atoms with Crippen molar-refractivity contribution in [3.63, 3.8) is 0 Å². The minimum atomic E-state index is -0.000686. The zero-order chi connectivity index (χ0) is 16.6. The highest BCUT2D eigenvalue weighted by molar-refractivity contribution is 5.95. The smallest absolute Gasteiger partial charge is 0.317 e. The fourth-order valence-electron chi connectivity index (χ4n) is 4.24. The molecule has 0 unspecified atom stereocenters. The Morgan fingerprint density at radius 1 is 1.29 bits per heavy atom.